The van der Waals surface area contributed by atoms with E-state index in [-0.39, 0.29) is 16.3 Å². The molecule has 0 unspecified atom stereocenters. The van der Waals surface area contributed by atoms with E-state index in [2.05, 4.69) is 15.8 Å². The van der Waals surface area contributed by atoms with E-state index in [1.807, 2.05) is 13.8 Å². The van der Waals surface area contributed by atoms with E-state index in [0.29, 0.717) is 5.56 Å². The molecule has 31 heavy (non-hydrogen) atoms. The van der Waals surface area contributed by atoms with Crippen LogP contribution in [0.5, 0.6) is 0 Å². The number of hydrazine groups is 1. The number of carbonyl (C=O) groups excluding carboxylic acids is 3. The number of nitro benzene ring substituents is 1. The molecule has 0 bridgehead atoms. The standard InChI is InChI=1S/C20H21ClN4O6/c1-3-24(4-2)14-7-5-13(6-8-14)19(27)23-22-18(26)12-31-20(28)16-11-15(25(29)30)9-10-17(16)21/h5-11H,3-4,12H2,1-2H3,(H,22,26)(H,23,27). The molecule has 0 saturated heterocycles. The number of hydrogen-bond donors (Lipinski definition) is 2. The Morgan fingerprint density at radius 1 is 1.06 bits per heavy atom. The van der Waals surface area contributed by atoms with Gasteiger partial charge >= 0.3 is 5.97 Å². The number of benzene rings is 2. The molecule has 0 radical (unpaired) electrons. The molecular weight excluding hydrogens is 428 g/mol. The molecule has 0 aromatic heterocycles. The van der Waals surface area contributed by atoms with Crippen molar-refractivity contribution in [2.75, 3.05) is 24.6 Å². The van der Waals surface area contributed by atoms with Crippen molar-refractivity contribution in [1.82, 2.24) is 10.9 Å². The summed E-state index contributed by atoms with van der Waals surface area (Å²) >= 11 is 5.85. The summed E-state index contributed by atoms with van der Waals surface area (Å²) in [6.07, 6.45) is 0. The van der Waals surface area contributed by atoms with Crippen LogP contribution in [-0.2, 0) is 9.53 Å². The Labute approximate surface area is 183 Å². The summed E-state index contributed by atoms with van der Waals surface area (Å²) in [5.74, 6) is -2.36. The third-order valence-corrected chi connectivity index (χ3v) is 4.62. The van der Waals surface area contributed by atoms with Gasteiger partial charge in [-0.3, -0.25) is 30.6 Å². The molecule has 2 aromatic rings. The first-order valence-electron chi connectivity index (χ1n) is 9.32. The van der Waals surface area contributed by atoms with Crippen LogP contribution in [0.25, 0.3) is 0 Å². The largest absolute Gasteiger partial charge is 0.452 e. The summed E-state index contributed by atoms with van der Waals surface area (Å²) in [6, 6.07) is 10.1. The van der Waals surface area contributed by atoms with Crippen molar-refractivity contribution in [3.63, 3.8) is 0 Å². The van der Waals surface area contributed by atoms with Crippen LogP contribution in [0.2, 0.25) is 5.02 Å². The topological polar surface area (TPSA) is 131 Å². The molecule has 2 rings (SSSR count). The maximum Gasteiger partial charge on any atom is 0.340 e. The Hall–Kier alpha value is -3.66. The average Bonchev–Trinajstić information content (AvgIpc) is 2.77. The molecular formula is C20H21ClN4O6. The Morgan fingerprint density at radius 2 is 1.71 bits per heavy atom. The fraction of sp³-hybridized carbons (Fsp3) is 0.250. The minimum Gasteiger partial charge on any atom is -0.452 e. The van der Waals surface area contributed by atoms with Crippen molar-refractivity contribution in [1.29, 1.82) is 0 Å². The van der Waals surface area contributed by atoms with E-state index in [0.717, 1.165) is 30.9 Å². The van der Waals surface area contributed by atoms with Gasteiger partial charge in [-0.05, 0) is 44.2 Å². The van der Waals surface area contributed by atoms with E-state index < -0.39 is 29.3 Å². The molecule has 2 N–H and O–H groups in total. The fourth-order valence-corrected chi connectivity index (χ4v) is 2.83. The van der Waals surface area contributed by atoms with E-state index in [9.17, 15) is 24.5 Å². The van der Waals surface area contributed by atoms with Gasteiger partial charge in [0.1, 0.15) is 0 Å². The second kappa shape index (κ2) is 10.9. The number of esters is 1. The monoisotopic (exact) mass is 448 g/mol. The molecule has 0 spiro atoms. The van der Waals surface area contributed by atoms with E-state index in [1.165, 1.54) is 6.07 Å². The third kappa shape index (κ3) is 6.41. The lowest BCUT2D eigenvalue weighted by Crippen LogP contribution is -2.43. The van der Waals surface area contributed by atoms with Crippen LogP contribution in [0, 0.1) is 10.1 Å². The highest BCUT2D eigenvalue weighted by molar-refractivity contribution is 6.33. The van der Waals surface area contributed by atoms with Crippen LogP contribution in [0.3, 0.4) is 0 Å². The lowest BCUT2D eigenvalue weighted by atomic mass is 10.2. The van der Waals surface area contributed by atoms with Crippen molar-refractivity contribution < 1.29 is 24.0 Å². The summed E-state index contributed by atoms with van der Waals surface area (Å²) in [4.78, 5) is 48.3. The number of nitrogens with one attached hydrogen (secondary N) is 2. The van der Waals surface area contributed by atoms with Gasteiger partial charge in [0.25, 0.3) is 17.5 Å². The SMILES string of the molecule is CCN(CC)c1ccc(C(=O)NNC(=O)COC(=O)c2cc([N+](=O)[O-])ccc2Cl)cc1. The highest BCUT2D eigenvalue weighted by Gasteiger charge is 2.18. The number of anilines is 1. The normalized spacial score (nSPS) is 10.2. The number of hydrogen-bond acceptors (Lipinski definition) is 7. The average molecular weight is 449 g/mol. The second-order valence-corrected chi connectivity index (χ2v) is 6.63. The second-order valence-electron chi connectivity index (χ2n) is 6.22. The van der Waals surface area contributed by atoms with Crippen LogP contribution in [0.4, 0.5) is 11.4 Å². The minimum absolute atomic E-state index is 0.0579. The molecule has 0 aliphatic heterocycles. The molecule has 0 aliphatic carbocycles. The van der Waals surface area contributed by atoms with Crippen LogP contribution in [0.15, 0.2) is 42.5 Å². The van der Waals surface area contributed by atoms with Gasteiger partial charge in [0.05, 0.1) is 15.5 Å². The Morgan fingerprint density at radius 3 is 2.29 bits per heavy atom. The van der Waals surface area contributed by atoms with Crippen molar-refractivity contribution in [3.05, 3.63) is 68.7 Å². The van der Waals surface area contributed by atoms with Gasteiger partial charge < -0.3 is 9.64 Å². The Kier molecular flexibility index (Phi) is 8.33. The quantitative estimate of drug-likeness (QED) is 0.360. The molecule has 0 saturated carbocycles. The van der Waals surface area contributed by atoms with Gasteiger partial charge in [-0.25, -0.2) is 4.79 Å². The summed E-state index contributed by atoms with van der Waals surface area (Å²) in [7, 11) is 0. The number of nitro groups is 1. The highest BCUT2D eigenvalue weighted by Crippen LogP contribution is 2.22. The van der Waals surface area contributed by atoms with Crippen LogP contribution >= 0.6 is 11.6 Å². The fourth-order valence-electron chi connectivity index (χ4n) is 2.64. The lowest BCUT2D eigenvalue weighted by Gasteiger charge is -2.21. The van der Waals surface area contributed by atoms with Gasteiger partial charge in [-0.1, -0.05) is 11.6 Å². The Bertz CT molecular complexity index is 976. The van der Waals surface area contributed by atoms with Gasteiger partial charge in [-0.2, -0.15) is 0 Å². The number of rotatable bonds is 8. The predicted octanol–water partition coefficient (Wildman–Crippen LogP) is 2.71. The molecule has 10 nitrogen and oxygen atoms in total. The first-order chi connectivity index (χ1) is 14.8. The summed E-state index contributed by atoms with van der Waals surface area (Å²) < 4.78 is 4.80. The van der Waals surface area contributed by atoms with E-state index >= 15 is 0 Å². The van der Waals surface area contributed by atoms with Crippen molar-refractivity contribution in [2.24, 2.45) is 0 Å². The summed E-state index contributed by atoms with van der Waals surface area (Å²) in [6.45, 7) is 4.99. The van der Waals surface area contributed by atoms with E-state index in [4.69, 9.17) is 16.3 Å². The zero-order chi connectivity index (χ0) is 23.0. The molecule has 2 aromatic carbocycles. The van der Waals surface area contributed by atoms with Crippen LogP contribution in [0.1, 0.15) is 34.6 Å². The smallest absolute Gasteiger partial charge is 0.340 e. The molecule has 2 amide bonds. The summed E-state index contributed by atoms with van der Waals surface area (Å²) in [5.41, 5.74) is 5.04. The first kappa shape index (κ1) is 23.6. The minimum atomic E-state index is -1.01. The molecule has 0 atom stereocenters. The van der Waals surface area contributed by atoms with Gasteiger partial charge in [-0.15, -0.1) is 0 Å². The Balaban J connectivity index is 1.87. The molecule has 0 fully saturated rings. The maximum absolute atomic E-state index is 12.1. The zero-order valence-electron chi connectivity index (χ0n) is 16.9. The number of non-ortho nitro benzene ring substituents is 1. The van der Waals surface area contributed by atoms with Gasteiger partial charge in [0.2, 0.25) is 0 Å². The zero-order valence-corrected chi connectivity index (χ0v) is 17.6. The molecule has 164 valence electrons. The highest BCUT2D eigenvalue weighted by atomic mass is 35.5. The van der Waals surface area contributed by atoms with Crippen molar-refractivity contribution >= 4 is 40.8 Å². The van der Waals surface area contributed by atoms with Crippen molar-refractivity contribution in [2.45, 2.75) is 13.8 Å². The number of nitrogens with zero attached hydrogens (tertiary/aromatic N) is 2. The number of carbonyl (C=O) groups is 3. The summed E-state index contributed by atoms with van der Waals surface area (Å²) in [5, 5.41) is 10.7. The van der Waals surface area contributed by atoms with Gasteiger partial charge in [0, 0.05) is 36.5 Å². The van der Waals surface area contributed by atoms with Crippen LogP contribution < -0.4 is 15.8 Å². The predicted molar refractivity (Wildman–Crippen MR) is 114 cm³/mol. The first-order valence-corrected chi connectivity index (χ1v) is 9.69. The number of halogens is 1. The molecule has 11 heteroatoms. The van der Waals surface area contributed by atoms with Gasteiger partial charge in [0.15, 0.2) is 6.61 Å². The third-order valence-electron chi connectivity index (χ3n) is 4.29. The van der Waals surface area contributed by atoms with Crippen LogP contribution in [-0.4, -0.2) is 42.4 Å². The van der Waals surface area contributed by atoms with Crippen molar-refractivity contribution in [3.8, 4) is 0 Å². The van der Waals surface area contributed by atoms with E-state index in [1.54, 1.807) is 24.3 Å². The maximum atomic E-state index is 12.1. The lowest BCUT2D eigenvalue weighted by molar-refractivity contribution is -0.384. The number of ether oxygens (including phenoxy) is 1. The molecule has 0 aliphatic rings. The molecule has 0 heterocycles. The number of amides is 2.